The van der Waals surface area contributed by atoms with Crippen LogP contribution in [0.1, 0.15) is 5.56 Å². The first-order valence-electron chi connectivity index (χ1n) is 8.81. The molecule has 6 nitrogen and oxygen atoms in total. The average molecular weight is 442 g/mol. The van der Waals surface area contributed by atoms with E-state index in [9.17, 15) is 9.59 Å². The molecule has 0 fully saturated rings. The molecule has 30 heavy (non-hydrogen) atoms. The predicted octanol–water partition coefficient (Wildman–Crippen LogP) is 5.89. The van der Waals surface area contributed by atoms with Crippen LogP contribution < -0.4 is 10.6 Å². The third-order valence-electron chi connectivity index (χ3n) is 4.02. The van der Waals surface area contributed by atoms with Gasteiger partial charge >= 0.3 is 12.0 Å². The number of rotatable bonds is 5. The largest absolute Gasteiger partial charge is 0.466 e. The van der Waals surface area contributed by atoms with Crippen molar-refractivity contribution < 1.29 is 14.3 Å². The zero-order chi connectivity index (χ0) is 21.5. The van der Waals surface area contributed by atoms with Crippen LogP contribution in [-0.4, -0.2) is 24.1 Å². The van der Waals surface area contributed by atoms with E-state index in [2.05, 4.69) is 20.4 Å². The molecule has 0 spiro atoms. The summed E-state index contributed by atoms with van der Waals surface area (Å²) in [6, 6.07) is 15.1. The van der Waals surface area contributed by atoms with Gasteiger partial charge in [-0.3, -0.25) is 4.98 Å². The van der Waals surface area contributed by atoms with E-state index in [0.717, 1.165) is 0 Å². The number of urea groups is 1. The van der Waals surface area contributed by atoms with Crippen LogP contribution in [0.4, 0.5) is 16.2 Å². The Morgan fingerprint density at radius 3 is 2.53 bits per heavy atom. The summed E-state index contributed by atoms with van der Waals surface area (Å²) in [7, 11) is 1.29. The summed E-state index contributed by atoms with van der Waals surface area (Å²) < 4.78 is 4.56. The van der Waals surface area contributed by atoms with Gasteiger partial charge in [-0.25, -0.2) is 9.59 Å². The standard InChI is InChI=1S/C22H17Cl2N3O3/c1-30-21(28)10-6-14-5-8-18(24)20(12-14)27-22(29)26-15-7-9-17(23)16(13-15)19-4-2-3-11-25-19/h2-13H,1H3,(H2,26,27,29)/b10-6+. The molecule has 0 unspecified atom stereocenters. The second kappa shape index (κ2) is 9.91. The molecule has 3 rings (SSSR count). The lowest BCUT2D eigenvalue weighted by molar-refractivity contribution is -0.134. The summed E-state index contributed by atoms with van der Waals surface area (Å²) in [5.41, 5.74) is 2.99. The number of amides is 2. The minimum Gasteiger partial charge on any atom is -0.466 e. The Kier molecular flexibility index (Phi) is 7.06. The number of carbonyl (C=O) groups excluding carboxylic acids is 2. The fourth-order valence-electron chi connectivity index (χ4n) is 2.58. The number of methoxy groups -OCH3 is 1. The van der Waals surface area contributed by atoms with Crippen molar-refractivity contribution in [2.75, 3.05) is 17.7 Å². The van der Waals surface area contributed by atoms with Crippen molar-refractivity contribution in [1.29, 1.82) is 0 Å². The molecule has 2 aromatic carbocycles. The fourth-order valence-corrected chi connectivity index (χ4v) is 2.96. The van der Waals surface area contributed by atoms with Crippen molar-refractivity contribution >= 4 is 52.7 Å². The molecule has 2 N–H and O–H groups in total. The molecule has 152 valence electrons. The molecule has 0 aliphatic rings. The molecule has 0 atom stereocenters. The zero-order valence-corrected chi connectivity index (χ0v) is 17.4. The molecule has 1 heterocycles. The van der Waals surface area contributed by atoms with Gasteiger partial charge in [0.15, 0.2) is 0 Å². The molecule has 1 aromatic heterocycles. The Bertz CT molecular complexity index is 1100. The van der Waals surface area contributed by atoms with Crippen molar-refractivity contribution in [3.8, 4) is 11.3 Å². The van der Waals surface area contributed by atoms with Gasteiger partial charge in [0.1, 0.15) is 0 Å². The lowest BCUT2D eigenvalue weighted by Gasteiger charge is -2.11. The molecular weight excluding hydrogens is 425 g/mol. The van der Waals surface area contributed by atoms with Crippen LogP contribution in [0.2, 0.25) is 10.0 Å². The Balaban J connectivity index is 1.75. The highest BCUT2D eigenvalue weighted by molar-refractivity contribution is 6.34. The molecule has 8 heteroatoms. The first-order valence-corrected chi connectivity index (χ1v) is 9.56. The van der Waals surface area contributed by atoms with E-state index in [4.69, 9.17) is 23.2 Å². The van der Waals surface area contributed by atoms with Gasteiger partial charge in [-0.1, -0.05) is 35.3 Å². The zero-order valence-electron chi connectivity index (χ0n) is 15.9. The Morgan fingerprint density at radius 2 is 1.80 bits per heavy atom. The number of esters is 1. The maximum absolute atomic E-state index is 12.5. The van der Waals surface area contributed by atoms with Crippen LogP contribution in [0.3, 0.4) is 0 Å². The number of halogens is 2. The first kappa shape index (κ1) is 21.4. The molecule has 0 aliphatic heterocycles. The number of carbonyl (C=O) groups is 2. The van der Waals surface area contributed by atoms with E-state index >= 15 is 0 Å². The Labute approximate surface area is 183 Å². The predicted molar refractivity (Wildman–Crippen MR) is 120 cm³/mol. The van der Waals surface area contributed by atoms with Crippen LogP contribution in [0.5, 0.6) is 0 Å². The average Bonchev–Trinajstić information content (AvgIpc) is 2.76. The monoisotopic (exact) mass is 441 g/mol. The van der Waals surface area contributed by atoms with E-state index in [0.29, 0.717) is 38.2 Å². The molecule has 0 aliphatic carbocycles. The molecule has 0 saturated carbocycles. The topological polar surface area (TPSA) is 80.3 Å². The van der Waals surface area contributed by atoms with E-state index in [-0.39, 0.29) is 0 Å². The van der Waals surface area contributed by atoms with E-state index in [1.54, 1.807) is 48.7 Å². The smallest absolute Gasteiger partial charge is 0.330 e. The molecule has 2 amide bonds. The van der Waals surface area contributed by atoms with Gasteiger partial charge in [0.25, 0.3) is 0 Å². The minimum atomic E-state index is -0.486. The third-order valence-corrected chi connectivity index (χ3v) is 4.68. The lowest BCUT2D eigenvalue weighted by Crippen LogP contribution is -2.19. The summed E-state index contributed by atoms with van der Waals surface area (Å²) in [6.07, 6.45) is 4.51. The highest BCUT2D eigenvalue weighted by atomic mass is 35.5. The van der Waals surface area contributed by atoms with E-state index in [1.165, 1.54) is 13.2 Å². The normalized spacial score (nSPS) is 10.6. The van der Waals surface area contributed by atoms with Gasteiger partial charge in [-0.15, -0.1) is 0 Å². The lowest BCUT2D eigenvalue weighted by atomic mass is 10.1. The van der Waals surface area contributed by atoms with Gasteiger partial charge in [-0.05, 0) is 54.1 Å². The maximum atomic E-state index is 12.5. The number of hydrogen-bond donors (Lipinski definition) is 2. The van der Waals surface area contributed by atoms with Gasteiger partial charge in [0.2, 0.25) is 0 Å². The van der Waals surface area contributed by atoms with Crippen molar-refractivity contribution in [3.63, 3.8) is 0 Å². The van der Waals surface area contributed by atoms with Crippen LogP contribution in [0, 0.1) is 0 Å². The Morgan fingerprint density at radius 1 is 1.00 bits per heavy atom. The van der Waals surface area contributed by atoms with Crippen molar-refractivity contribution in [2.24, 2.45) is 0 Å². The summed E-state index contributed by atoms with van der Waals surface area (Å²) in [6.45, 7) is 0. The molecule has 3 aromatic rings. The number of benzene rings is 2. The molecule has 0 radical (unpaired) electrons. The van der Waals surface area contributed by atoms with Crippen LogP contribution in [0.15, 0.2) is 66.9 Å². The molecule has 0 saturated heterocycles. The molecule has 0 bridgehead atoms. The van der Waals surface area contributed by atoms with Crippen LogP contribution >= 0.6 is 23.2 Å². The van der Waals surface area contributed by atoms with Gasteiger partial charge in [-0.2, -0.15) is 0 Å². The molecular formula is C22H17Cl2N3O3. The van der Waals surface area contributed by atoms with Crippen molar-refractivity contribution in [1.82, 2.24) is 4.98 Å². The second-order valence-electron chi connectivity index (χ2n) is 6.08. The van der Waals surface area contributed by atoms with Crippen molar-refractivity contribution in [3.05, 3.63) is 82.5 Å². The number of anilines is 2. The number of aromatic nitrogens is 1. The van der Waals surface area contributed by atoms with E-state index < -0.39 is 12.0 Å². The SMILES string of the molecule is COC(=O)/C=C/c1ccc(Cl)c(NC(=O)Nc2ccc(Cl)c(-c3ccccn3)c2)c1. The van der Waals surface area contributed by atoms with Crippen molar-refractivity contribution in [2.45, 2.75) is 0 Å². The highest BCUT2D eigenvalue weighted by Gasteiger charge is 2.10. The summed E-state index contributed by atoms with van der Waals surface area (Å²) in [5, 5.41) is 6.31. The van der Waals surface area contributed by atoms with Gasteiger partial charge in [0, 0.05) is 23.5 Å². The number of ether oxygens (including phenoxy) is 1. The maximum Gasteiger partial charge on any atom is 0.330 e. The fraction of sp³-hybridized carbons (Fsp3) is 0.0455. The third kappa shape index (κ3) is 5.59. The van der Waals surface area contributed by atoms with Crippen LogP contribution in [-0.2, 0) is 9.53 Å². The minimum absolute atomic E-state index is 0.352. The summed E-state index contributed by atoms with van der Waals surface area (Å²) >= 11 is 12.4. The summed E-state index contributed by atoms with van der Waals surface area (Å²) in [4.78, 5) is 28.0. The second-order valence-corrected chi connectivity index (χ2v) is 6.90. The first-order chi connectivity index (χ1) is 14.5. The summed E-state index contributed by atoms with van der Waals surface area (Å²) in [5.74, 6) is -0.483. The van der Waals surface area contributed by atoms with E-state index in [1.807, 2.05) is 18.2 Å². The quantitative estimate of drug-likeness (QED) is 0.382. The number of hydrogen-bond acceptors (Lipinski definition) is 4. The van der Waals surface area contributed by atoms with Gasteiger partial charge < -0.3 is 15.4 Å². The highest BCUT2D eigenvalue weighted by Crippen LogP contribution is 2.29. The number of nitrogens with one attached hydrogen (secondary N) is 2. The van der Waals surface area contributed by atoms with Gasteiger partial charge in [0.05, 0.1) is 28.5 Å². The van der Waals surface area contributed by atoms with Crippen LogP contribution in [0.25, 0.3) is 17.3 Å². The number of nitrogens with zero attached hydrogens (tertiary/aromatic N) is 1. The Hall–Kier alpha value is -3.35. The number of pyridine rings is 1.